The van der Waals surface area contributed by atoms with Gasteiger partial charge in [-0.15, -0.1) is 11.3 Å². The van der Waals surface area contributed by atoms with Gasteiger partial charge in [0.15, 0.2) is 0 Å². The third kappa shape index (κ3) is 4.89. The van der Waals surface area contributed by atoms with Crippen molar-refractivity contribution in [2.24, 2.45) is 0 Å². The fourth-order valence-electron chi connectivity index (χ4n) is 3.94. The molecule has 1 saturated heterocycles. The predicted molar refractivity (Wildman–Crippen MR) is 128 cm³/mol. The number of ketones is 1. The second kappa shape index (κ2) is 9.88. The first-order valence-corrected chi connectivity index (χ1v) is 11.7. The Morgan fingerprint density at radius 1 is 1.19 bits per heavy atom. The maximum absolute atomic E-state index is 13.1. The number of aryl methyl sites for hydroxylation is 2. The Hall–Kier alpha value is -2.64. The van der Waals surface area contributed by atoms with Gasteiger partial charge in [-0.2, -0.15) is 0 Å². The predicted octanol–water partition coefficient (Wildman–Crippen LogP) is 4.53. The van der Waals surface area contributed by atoms with Gasteiger partial charge in [0.25, 0.3) is 11.7 Å². The topological polar surface area (TPSA) is 70.1 Å². The molecule has 2 aromatic rings. The first-order chi connectivity index (χ1) is 15.1. The monoisotopic (exact) mass is 456 g/mol. The zero-order chi connectivity index (χ0) is 23.6. The maximum atomic E-state index is 13.1. The van der Waals surface area contributed by atoms with Crippen LogP contribution in [0.4, 0.5) is 0 Å². The molecule has 1 aliphatic heterocycles. The zero-order valence-electron chi connectivity index (χ0n) is 19.6. The fraction of sp³-hybridized carbons (Fsp3) is 0.440. The van der Waals surface area contributed by atoms with Crippen LogP contribution in [-0.2, 0) is 9.59 Å². The highest BCUT2D eigenvalue weighted by molar-refractivity contribution is 7.10. The van der Waals surface area contributed by atoms with E-state index in [-0.39, 0.29) is 17.4 Å². The molecule has 1 atom stereocenters. The lowest BCUT2D eigenvalue weighted by atomic mass is 9.97. The lowest BCUT2D eigenvalue weighted by molar-refractivity contribution is -0.139. The van der Waals surface area contributed by atoms with Crippen molar-refractivity contribution in [1.82, 2.24) is 9.80 Å². The van der Waals surface area contributed by atoms with Gasteiger partial charge in [0, 0.05) is 17.0 Å². The highest BCUT2D eigenvalue weighted by Crippen LogP contribution is 2.42. The Bertz CT molecular complexity index is 1040. The van der Waals surface area contributed by atoms with Gasteiger partial charge in [-0.3, -0.25) is 9.59 Å². The van der Waals surface area contributed by atoms with Crippen LogP contribution in [0.5, 0.6) is 5.75 Å². The van der Waals surface area contributed by atoms with E-state index < -0.39 is 17.7 Å². The molecule has 0 spiro atoms. The number of Topliss-reactive ketones (excluding diaryl/α,β-unsaturated/α-hetero) is 1. The van der Waals surface area contributed by atoms with Crippen molar-refractivity contribution >= 4 is 28.8 Å². The Morgan fingerprint density at radius 2 is 1.91 bits per heavy atom. The summed E-state index contributed by atoms with van der Waals surface area (Å²) in [7, 11) is 3.95. The first kappa shape index (κ1) is 24.0. The second-order valence-corrected chi connectivity index (χ2v) is 9.71. The minimum Gasteiger partial charge on any atom is -0.507 e. The van der Waals surface area contributed by atoms with E-state index in [9.17, 15) is 14.7 Å². The van der Waals surface area contributed by atoms with Gasteiger partial charge in [-0.1, -0.05) is 0 Å². The van der Waals surface area contributed by atoms with Gasteiger partial charge in [-0.05, 0) is 95.5 Å². The molecule has 1 amide bonds. The quantitative estimate of drug-likeness (QED) is 0.359. The first-order valence-electron chi connectivity index (χ1n) is 10.9. The average molecular weight is 457 g/mol. The number of ether oxygens (including phenoxy) is 1. The van der Waals surface area contributed by atoms with Crippen molar-refractivity contribution in [3.63, 3.8) is 0 Å². The van der Waals surface area contributed by atoms with Crippen LogP contribution in [0.15, 0.2) is 35.2 Å². The van der Waals surface area contributed by atoms with E-state index in [0.29, 0.717) is 12.1 Å². The Morgan fingerprint density at radius 3 is 2.47 bits per heavy atom. The molecule has 2 heterocycles. The zero-order valence-corrected chi connectivity index (χ0v) is 20.5. The summed E-state index contributed by atoms with van der Waals surface area (Å²) in [6.45, 7) is 9.02. The second-order valence-electron chi connectivity index (χ2n) is 8.76. The molecule has 7 heteroatoms. The van der Waals surface area contributed by atoms with Crippen LogP contribution in [-0.4, -0.2) is 59.9 Å². The number of hydrogen-bond donors (Lipinski definition) is 1. The number of thiophene rings is 1. The fourth-order valence-corrected chi connectivity index (χ4v) is 4.99. The third-order valence-corrected chi connectivity index (χ3v) is 6.58. The number of aliphatic hydroxyl groups is 1. The van der Waals surface area contributed by atoms with E-state index >= 15 is 0 Å². The normalized spacial score (nSPS) is 18.2. The number of nitrogens with zero attached hydrogens (tertiary/aromatic N) is 2. The van der Waals surface area contributed by atoms with Gasteiger partial charge < -0.3 is 19.6 Å². The summed E-state index contributed by atoms with van der Waals surface area (Å²) in [5, 5.41) is 13.2. The molecule has 1 N–H and O–H groups in total. The average Bonchev–Trinajstić information content (AvgIpc) is 3.24. The van der Waals surface area contributed by atoms with Crippen LogP contribution >= 0.6 is 11.3 Å². The molecule has 0 bridgehead atoms. The minimum absolute atomic E-state index is 0.0300. The van der Waals surface area contributed by atoms with Crippen LogP contribution in [0.1, 0.15) is 47.9 Å². The lowest BCUT2D eigenvalue weighted by Crippen LogP contribution is -2.32. The number of rotatable bonds is 8. The molecule has 1 aromatic carbocycles. The van der Waals surface area contributed by atoms with Crippen LogP contribution in [0.2, 0.25) is 0 Å². The number of likely N-dealkylation sites (tertiary alicyclic amines) is 1. The van der Waals surface area contributed by atoms with E-state index in [1.807, 2.05) is 58.1 Å². The van der Waals surface area contributed by atoms with Crippen LogP contribution in [0.3, 0.4) is 0 Å². The van der Waals surface area contributed by atoms with Gasteiger partial charge in [-0.25, -0.2) is 0 Å². The van der Waals surface area contributed by atoms with Gasteiger partial charge in [0.2, 0.25) is 0 Å². The molecule has 6 nitrogen and oxygen atoms in total. The van der Waals surface area contributed by atoms with E-state index in [1.165, 1.54) is 11.3 Å². The molecular weight excluding hydrogens is 424 g/mol. The Balaban J connectivity index is 2.06. The standard InChI is InChI=1S/C25H32N2O4S/c1-15(2)31-19-9-8-18(14-17(19)4)22(28)20-21(24-16(3)10-13-32-24)27(25(30)23(20)29)12-7-11-26(5)6/h8-10,13-15,21,28H,7,11-12H2,1-6H3/b22-20-. The number of amides is 1. The van der Waals surface area contributed by atoms with Gasteiger partial charge in [0.05, 0.1) is 17.7 Å². The van der Waals surface area contributed by atoms with Crippen molar-refractivity contribution in [2.75, 3.05) is 27.2 Å². The molecule has 3 rings (SSSR count). The summed E-state index contributed by atoms with van der Waals surface area (Å²) >= 11 is 1.50. The van der Waals surface area contributed by atoms with Crippen molar-refractivity contribution in [1.29, 1.82) is 0 Å². The number of hydrogen-bond acceptors (Lipinski definition) is 6. The molecule has 0 saturated carbocycles. The molecule has 0 radical (unpaired) electrons. The lowest BCUT2D eigenvalue weighted by Gasteiger charge is -2.25. The van der Waals surface area contributed by atoms with Gasteiger partial charge in [0.1, 0.15) is 11.5 Å². The molecule has 1 aromatic heterocycles. The largest absolute Gasteiger partial charge is 0.507 e. The van der Waals surface area contributed by atoms with Crippen LogP contribution < -0.4 is 4.74 Å². The summed E-state index contributed by atoms with van der Waals surface area (Å²) < 4.78 is 5.79. The van der Waals surface area contributed by atoms with E-state index in [1.54, 1.807) is 23.1 Å². The summed E-state index contributed by atoms with van der Waals surface area (Å²) in [4.78, 5) is 30.7. The summed E-state index contributed by atoms with van der Waals surface area (Å²) in [6.07, 6.45) is 0.767. The van der Waals surface area contributed by atoms with Crippen molar-refractivity contribution in [3.05, 3.63) is 56.8 Å². The van der Waals surface area contributed by atoms with Gasteiger partial charge >= 0.3 is 0 Å². The number of carbonyl (C=O) groups excluding carboxylic acids is 2. The number of aliphatic hydroxyl groups excluding tert-OH is 1. The molecule has 1 unspecified atom stereocenters. The molecule has 1 fully saturated rings. The van der Waals surface area contributed by atoms with Crippen molar-refractivity contribution < 1.29 is 19.4 Å². The number of carbonyl (C=O) groups is 2. The smallest absolute Gasteiger partial charge is 0.295 e. The third-order valence-electron chi connectivity index (χ3n) is 5.51. The highest BCUT2D eigenvalue weighted by Gasteiger charge is 2.46. The van der Waals surface area contributed by atoms with Crippen molar-refractivity contribution in [2.45, 2.75) is 46.3 Å². The maximum Gasteiger partial charge on any atom is 0.295 e. The summed E-state index contributed by atoms with van der Waals surface area (Å²) in [5.41, 5.74) is 2.51. The van der Waals surface area contributed by atoms with Crippen molar-refractivity contribution in [3.8, 4) is 5.75 Å². The summed E-state index contributed by atoms with van der Waals surface area (Å²) in [6, 6.07) is 6.72. The Kier molecular flexibility index (Phi) is 7.41. The molecule has 1 aliphatic rings. The SMILES string of the molecule is Cc1cc(/C(O)=C2/C(=O)C(=O)N(CCCN(C)C)C2c2sccc2C)ccc1OC(C)C. The Labute approximate surface area is 194 Å². The molecule has 0 aliphatic carbocycles. The highest BCUT2D eigenvalue weighted by atomic mass is 32.1. The van der Waals surface area contributed by atoms with Crippen LogP contribution in [0, 0.1) is 13.8 Å². The van der Waals surface area contributed by atoms with E-state index in [0.717, 1.165) is 34.7 Å². The summed E-state index contributed by atoms with van der Waals surface area (Å²) in [5.74, 6) is -0.605. The van der Waals surface area contributed by atoms with Crippen LogP contribution in [0.25, 0.3) is 5.76 Å². The van der Waals surface area contributed by atoms with E-state index in [2.05, 4.69) is 0 Å². The van der Waals surface area contributed by atoms with E-state index in [4.69, 9.17) is 4.74 Å². The molecular formula is C25H32N2O4S. The minimum atomic E-state index is -0.634. The molecule has 172 valence electrons. The molecule has 32 heavy (non-hydrogen) atoms. The number of benzene rings is 1.